The van der Waals surface area contributed by atoms with Crippen molar-refractivity contribution in [3.8, 4) is 5.95 Å². The van der Waals surface area contributed by atoms with E-state index in [0.29, 0.717) is 23.0 Å². The second-order valence-corrected chi connectivity index (χ2v) is 7.76. The number of hydrogen-bond donors (Lipinski definition) is 1. The molecule has 26 heavy (non-hydrogen) atoms. The minimum Gasteiger partial charge on any atom is -0.310 e. The maximum atomic E-state index is 13.2. The molecule has 0 saturated carbocycles. The number of rotatable bonds is 3. The summed E-state index contributed by atoms with van der Waals surface area (Å²) in [4.78, 5) is 36.0. The van der Waals surface area contributed by atoms with Crippen molar-refractivity contribution in [3.05, 3.63) is 51.1 Å². The summed E-state index contributed by atoms with van der Waals surface area (Å²) in [5.74, 6) is 0.0294. The second kappa shape index (κ2) is 6.14. The Morgan fingerprint density at radius 2 is 2.00 bits per heavy atom. The quantitative estimate of drug-likeness (QED) is 0.719. The van der Waals surface area contributed by atoms with Crippen LogP contribution in [-0.2, 0) is 4.79 Å². The van der Waals surface area contributed by atoms with Crippen molar-refractivity contribution in [2.24, 2.45) is 0 Å². The zero-order valence-electron chi connectivity index (χ0n) is 14.6. The van der Waals surface area contributed by atoms with Gasteiger partial charge in [-0.25, -0.2) is 9.97 Å². The van der Waals surface area contributed by atoms with Crippen molar-refractivity contribution < 1.29 is 9.59 Å². The topological polar surface area (TPSA) is 89.8 Å². The number of Topliss-reactive ketones (excluding diaryl/α,β-unsaturated/α-hetero) is 1. The SMILES string of the molecule is Cc1cc(C(=O)[C@@H]2CC(=O)Nc3c2c(C)nn3-c2ncccn2)c(C)s1. The van der Waals surface area contributed by atoms with Crippen molar-refractivity contribution in [2.75, 3.05) is 5.32 Å². The van der Waals surface area contributed by atoms with Gasteiger partial charge in [0.2, 0.25) is 5.91 Å². The molecule has 8 heteroatoms. The van der Waals surface area contributed by atoms with Gasteiger partial charge in [-0.2, -0.15) is 9.78 Å². The fourth-order valence-electron chi connectivity index (χ4n) is 3.38. The van der Waals surface area contributed by atoms with Crippen molar-refractivity contribution in [1.82, 2.24) is 19.7 Å². The number of fused-ring (bicyclic) bond motifs is 1. The van der Waals surface area contributed by atoms with Gasteiger partial charge in [-0.3, -0.25) is 9.59 Å². The first-order valence-electron chi connectivity index (χ1n) is 8.23. The van der Waals surface area contributed by atoms with E-state index in [0.717, 1.165) is 15.3 Å². The van der Waals surface area contributed by atoms with Crippen LogP contribution in [0.3, 0.4) is 0 Å². The van der Waals surface area contributed by atoms with Crippen LogP contribution in [0.1, 0.15) is 43.7 Å². The normalized spacial score (nSPS) is 16.3. The largest absolute Gasteiger partial charge is 0.310 e. The third-order valence-corrected chi connectivity index (χ3v) is 5.43. The van der Waals surface area contributed by atoms with E-state index >= 15 is 0 Å². The van der Waals surface area contributed by atoms with Crippen molar-refractivity contribution >= 4 is 28.8 Å². The molecule has 1 amide bonds. The van der Waals surface area contributed by atoms with Gasteiger partial charge in [-0.15, -0.1) is 11.3 Å². The number of nitrogens with one attached hydrogen (secondary N) is 1. The molecule has 0 spiro atoms. The number of anilines is 1. The van der Waals surface area contributed by atoms with E-state index in [1.807, 2.05) is 26.8 Å². The highest BCUT2D eigenvalue weighted by molar-refractivity contribution is 7.12. The Labute approximate surface area is 154 Å². The number of carbonyl (C=O) groups excluding carboxylic acids is 2. The minimum atomic E-state index is -0.552. The molecule has 4 heterocycles. The van der Waals surface area contributed by atoms with Gasteiger partial charge in [0, 0.05) is 39.7 Å². The van der Waals surface area contributed by atoms with Crippen molar-refractivity contribution in [3.63, 3.8) is 0 Å². The van der Waals surface area contributed by atoms with E-state index in [4.69, 9.17) is 0 Å². The number of aryl methyl sites for hydroxylation is 3. The fraction of sp³-hybridized carbons (Fsp3) is 0.278. The summed E-state index contributed by atoms with van der Waals surface area (Å²) in [6.45, 7) is 5.74. The Morgan fingerprint density at radius 1 is 1.27 bits per heavy atom. The Kier molecular flexibility index (Phi) is 3.91. The third kappa shape index (κ3) is 2.62. The molecule has 0 fully saturated rings. The summed E-state index contributed by atoms with van der Waals surface area (Å²) in [5, 5.41) is 7.31. The molecule has 0 bridgehead atoms. The highest BCUT2D eigenvalue weighted by Gasteiger charge is 2.37. The van der Waals surface area contributed by atoms with E-state index in [9.17, 15) is 9.59 Å². The van der Waals surface area contributed by atoms with Crippen LogP contribution in [0.5, 0.6) is 0 Å². The van der Waals surface area contributed by atoms with Crippen LogP contribution in [0.4, 0.5) is 5.82 Å². The van der Waals surface area contributed by atoms with Crippen molar-refractivity contribution in [2.45, 2.75) is 33.1 Å². The van der Waals surface area contributed by atoms with Crippen LogP contribution in [0.15, 0.2) is 24.5 Å². The number of ketones is 1. The van der Waals surface area contributed by atoms with E-state index in [-0.39, 0.29) is 18.1 Å². The predicted molar refractivity (Wildman–Crippen MR) is 98.0 cm³/mol. The molecule has 1 atom stereocenters. The lowest BCUT2D eigenvalue weighted by atomic mass is 9.85. The van der Waals surface area contributed by atoms with Gasteiger partial charge >= 0.3 is 0 Å². The molecule has 4 rings (SSSR count). The van der Waals surface area contributed by atoms with Gasteiger partial charge in [0.05, 0.1) is 11.6 Å². The van der Waals surface area contributed by atoms with E-state index < -0.39 is 5.92 Å². The maximum Gasteiger partial charge on any atom is 0.252 e. The molecule has 0 aliphatic carbocycles. The molecule has 1 aliphatic heterocycles. The zero-order valence-corrected chi connectivity index (χ0v) is 15.4. The van der Waals surface area contributed by atoms with Gasteiger partial charge in [0.15, 0.2) is 5.78 Å². The Morgan fingerprint density at radius 3 is 2.65 bits per heavy atom. The molecule has 0 radical (unpaired) electrons. The molecular weight excluding hydrogens is 350 g/mol. The Bertz CT molecular complexity index is 1020. The molecule has 1 aliphatic rings. The first-order chi connectivity index (χ1) is 12.5. The van der Waals surface area contributed by atoms with Gasteiger partial charge in [0.25, 0.3) is 5.95 Å². The van der Waals surface area contributed by atoms with E-state index in [2.05, 4.69) is 20.4 Å². The third-order valence-electron chi connectivity index (χ3n) is 4.47. The highest BCUT2D eigenvalue weighted by Crippen LogP contribution is 2.39. The Balaban J connectivity index is 1.84. The van der Waals surface area contributed by atoms with Crippen LogP contribution in [-0.4, -0.2) is 31.4 Å². The molecule has 1 N–H and O–H groups in total. The highest BCUT2D eigenvalue weighted by atomic mass is 32.1. The predicted octanol–water partition coefficient (Wildman–Crippen LogP) is 2.96. The first kappa shape index (κ1) is 16.6. The van der Waals surface area contributed by atoms with Crippen LogP contribution in [0.25, 0.3) is 5.95 Å². The smallest absolute Gasteiger partial charge is 0.252 e. The summed E-state index contributed by atoms with van der Waals surface area (Å²) in [5.41, 5.74) is 2.11. The maximum absolute atomic E-state index is 13.2. The number of carbonyl (C=O) groups is 2. The summed E-state index contributed by atoms with van der Waals surface area (Å²) in [6, 6.07) is 3.60. The van der Waals surface area contributed by atoms with E-state index in [1.54, 1.807) is 29.8 Å². The molecule has 0 aromatic carbocycles. The first-order valence-corrected chi connectivity index (χ1v) is 9.05. The number of thiophene rings is 1. The van der Waals surface area contributed by atoms with Gasteiger partial charge in [0.1, 0.15) is 5.82 Å². The lowest BCUT2D eigenvalue weighted by molar-refractivity contribution is -0.116. The van der Waals surface area contributed by atoms with Gasteiger partial charge < -0.3 is 5.32 Å². The average Bonchev–Trinajstić information content (AvgIpc) is 3.13. The molecular formula is C18H17N5O2S. The summed E-state index contributed by atoms with van der Waals surface area (Å²) in [6.07, 6.45) is 3.33. The molecule has 0 saturated heterocycles. The van der Waals surface area contributed by atoms with Gasteiger partial charge in [-0.05, 0) is 32.9 Å². The molecule has 0 unspecified atom stereocenters. The second-order valence-electron chi connectivity index (χ2n) is 6.30. The number of hydrogen-bond acceptors (Lipinski definition) is 6. The molecule has 132 valence electrons. The van der Waals surface area contributed by atoms with Crippen LogP contribution < -0.4 is 5.32 Å². The fourth-order valence-corrected chi connectivity index (χ4v) is 4.31. The van der Waals surface area contributed by atoms with Gasteiger partial charge in [-0.1, -0.05) is 0 Å². The van der Waals surface area contributed by atoms with Crippen LogP contribution in [0, 0.1) is 20.8 Å². The summed E-state index contributed by atoms with van der Waals surface area (Å²) in [7, 11) is 0. The molecule has 3 aromatic heterocycles. The standard InChI is InChI=1S/C18H17N5O2S/c1-9-7-12(11(3)26-9)16(25)13-8-14(24)21-17-15(13)10(2)22-23(17)18-19-5-4-6-20-18/h4-7,13H,8H2,1-3H3,(H,21,24)/t13-/m1/s1. The van der Waals surface area contributed by atoms with Crippen molar-refractivity contribution in [1.29, 1.82) is 0 Å². The minimum absolute atomic E-state index is 0.0421. The molecule has 7 nitrogen and oxygen atoms in total. The zero-order chi connectivity index (χ0) is 18.4. The summed E-state index contributed by atoms with van der Waals surface area (Å²) < 4.78 is 1.49. The Hall–Kier alpha value is -2.87. The lowest BCUT2D eigenvalue weighted by Crippen LogP contribution is -2.28. The lowest BCUT2D eigenvalue weighted by Gasteiger charge is -2.22. The van der Waals surface area contributed by atoms with E-state index in [1.165, 1.54) is 4.68 Å². The monoisotopic (exact) mass is 367 g/mol. The van der Waals surface area contributed by atoms with Crippen LogP contribution in [0.2, 0.25) is 0 Å². The number of amides is 1. The number of aromatic nitrogens is 4. The van der Waals surface area contributed by atoms with Crippen LogP contribution >= 0.6 is 11.3 Å². The average molecular weight is 367 g/mol. The summed E-state index contributed by atoms with van der Waals surface area (Å²) >= 11 is 1.59. The molecule has 3 aromatic rings. The number of nitrogens with zero attached hydrogens (tertiary/aromatic N) is 4.